The number of hydrogen-bond acceptors (Lipinski definition) is 4. The Morgan fingerprint density at radius 3 is 2.48 bits per heavy atom. The van der Waals surface area contributed by atoms with Gasteiger partial charge in [-0.2, -0.15) is 0 Å². The van der Waals surface area contributed by atoms with Crippen molar-refractivity contribution >= 4 is 30.7 Å². The van der Waals surface area contributed by atoms with Gasteiger partial charge in [0.05, 0.1) is 12.1 Å². The molecular formula is C18H29Cl2N3O2. The maximum atomic E-state index is 12.4. The summed E-state index contributed by atoms with van der Waals surface area (Å²) in [6, 6.07) is 10.7. The van der Waals surface area contributed by atoms with Gasteiger partial charge in [-0.15, -0.1) is 24.8 Å². The van der Waals surface area contributed by atoms with Gasteiger partial charge in [0, 0.05) is 13.1 Å². The Bertz CT molecular complexity index is 512. The summed E-state index contributed by atoms with van der Waals surface area (Å²) in [6.07, 6.45) is 3.83. The molecule has 2 heterocycles. The van der Waals surface area contributed by atoms with Gasteiger partial charge in [0.1, 0.15) is 6.10 Å². The van der Waals surface area contributed by atoms with Crippen LogP contribution in [0.4, 0.5) is 0 Å². The molecule has 2 fully saturated rings. The van der Waals surface area contributed by atoms with Crippen LogP contribution in [0.3, 0.4) is 0 Å². The van der Waals surface area contributed by atoms with E-state index in [1.807, 2.05) is 6.07 Å². The molecule has 2 aliphatic heterocycles. The molecule has 0 bridgehead atoms. The number of nitrogens with two attached hydrogens (primary N) is 1. The molecule has 0 aromatic heterocycles. The van der Waals surface area contributed by atoms with E-state index in [0.29, 0.717) is 13.1 Å². The van der Waals surface area contributed by atoms with Gasteiger partial charge in [0.15, 0.2) is 0 Å². The van der Waals surface area contributed by atoms with Gasteiger partial charge in [-0.1, -0.05) is 30.3 Å². The van der Waals surface area contributed by atoms with Crippen LogP contribution in [0.2, 0.25) is 0 Å². The first-order valence-corrected chi connectivity index (χ1v) is 8.70. The van der Waals surface area contributed by atoms with Crippen molar-refractivity contribution in [1.29, 1.82) is 0 Å². The third kappa shape index (κ3) is 5.83. The largest absolute Gasteiger partial charge is 0.364 e. The second kappa shape index (κ2) is 11.0. The quantitative estimate of drug-likeness (QED) is 0.782. The molecule has 2 aliphatic rings. The van der Waals surface area contributed by atoms with Crippen LogP contribution in [0.5, 0.6) is 0 Å². The van der Waals surface area contributed by atoms with Crippen molar-refractivity contribution < 1.29 is 9.53 Å². The second-order valence-corrected chi connectivity index (χ2v) is 6.47. The van der Waals surface area contributed by atoms with Crippen LogP contribution in [-0.4, -0.2) is 49.2 Å². The average molecular weight is 390 g/mol. The minimum absolute atomic E-state index is 0. The number of nitrogens with one attached hydrogen (secondary N) is 1. The summed E-state index contributed by atoms with van der Waals surface area (Å²) in [7, 11) is 0. The highest BCUT2D eigenvalue weighted by atomic mass is 35.5. The van der Waals surface area contributed by atoms with Crippen LogP contribution in [0.15, 0.2) is 30.3 Å². The first-order valence-electron chi connectivity index (χ1n) is 8.70. The lowest BCUT2D eigenvalue weighted by Crippen LogP contribution is -2.41. The average Bonchev–Trinajstić information content (AvgIpc) is 3.27. The fourth-order valence-corrected chi connectivity index (χ4v) is 3.57. The Hall–Kier alpha value is -0.850. The molecule has 1 unspecified atom stereocenters. The molecular weight excluding hydrogens is 361 g/mol. The molecule has 2 saturated heterocycles. The Balaban J connectivity index is 0.00000156. The molecule has 0 aliphatic carbocycles. The summed E-state index contributed by atoms with van der Waals surface area (Å²) >= 11 is 0. The summed E-state index contributed by atoms with van der Waals surface area (Å²) in [6.45, 7) is 3.33. The summed E-state index contributed by atoms with van der Waals surface area (Å²) in [5, 5.41) is 3.10. The molecule has 0 radical (unpaired) electrons. The smallest absolute Gasteiger partial charge is 0.249 e. The Kier molecular flexibility index (Phi) is 9.75. The molecule has 25 heavy (non-hydrogen) atoms. The van der Waals surface area contributed by atoms with Gasteiger partial charge in [0.2, 0.25) is 5.91 Å². The molecule has 3 atom stereocenters. The third-order valence-corrected chi connectivity index (χ3v) is 4.90. The van der Waals surface area contributed by atoms with Crippen LogP contribution >= 0.6 is 24.8 Å². The van der Waals surface area contributed by atoms with E-state index in [-0.39, 0.29) is 49.0 Å². The number of likely N-dealkylation sites (tertiary alicyclic amines) is 1. The van der Waals surface area contributed by atoms with Crippen molar-refractivity contribution in [2.45, 2.75) is 43.9 Å². The molecule has 3 rings (SSSR count). The van der Waals surface area contributed by atoms with Gasteiger partial charge >= 0.3 is 0 Å². The van der Waals surface area contributed by atoms with Crippen LogP contribution in [-0.2, 0) is 9.53 Å². The number of nitrogens with zero attached hydrogens (tertiary/aromatic N) is 1. The molecule has 3 N–H and O–H groups in total. The summed E-state index contributed by atoms with van der Waals surface area (Å²) in [5.41, 5.74) is 6.88. The second-order valence-electron chi connectivity index (χ2n) is 6.47. The van der Waals surface area contributed by atoms with E-state index in [2.05, 4.69) is 34.5 Å². The number of rotatable bonds is 6. The molecule has 5 nitrogen and oxygen atoms in total. The number of carbonyl (C=O) groups excluding carboxylic acids is 1. The summed E-state index contributed by atoms with van der Waals surface area (Å²) in [5.74, 6) is 0.000998. The maximum absolute atomic E-state index is 12.4. The molecule has 0 spiro atoms. The predicted octanol–water partition coefficient (Wildman–Crippen LogP) is 2.29. The zero-order valence-electron chi connectivity index (χ0n) is 14.4. The minimum Gasteiger partial charge on any atom is -0.364 e. The number of halogens is 2. The van der Waals surface area contributed by atoms with Gasteiger partial charge in [-0.3, -0.25) is 9.69 Å². The van der Waals surface area contributed by atoms with E-state index in [4.69, 9.17) is 10.5 Å². The Labute approximate surface area is 162 Å². The number of ether oxygens (including phenoxy) is 1. The van der Waals surface area contributed by atoms with Crippen LogP contribution in [0.1, 0.15) is 37.3 Å². The number of amides is 1. The molecule has 7 heteroatoms. The molecule has 1 aromatic rings. The summed E-state index contributed by atoms with van der Waals surface area (Å²) < 4.78 is 5.69. The zero-order chi connectivity index (χ0) is 16.1. The minimum atomic E-state index is -0.335. The number of benzene rings is 1. The first-order chi connectivity index (χ1) is 11.3. The van der Waals surface area contributed by atoms with E-state index in [9.17, 15) is 4.79 Å². The van der Waals surface area contributed by atoms with Crippen molar-refractivity contribution in [3.63, 3.8) is 0 Å². The SMILES string of the molecule is Cl.Cl.NC[C@H]1CC[C@@H](C(=O)NCC(c2ccccc2)N2CCCC2)O1. The van der Waals surface area contributed by atoms with Crippen molar-refractivity contribution in [3.05, 3.63) is 35.9 Å². The highest BCUT2D eigenvalue weighted by Crippen LogP contribution is 2.25. The lowest BCUT2D eigenvalue weighted by molar-refractivity contribution is -0.132. The van der Waals surface area contributed by atoms with E-state index in [0.717, 1.165) is 25.9 Å². The van der Waals surface area contributed by atoms with Crippen LogP contribution in [0.25, 0.3) is 0 Å². The lowest BCUT2D eigenvalue weighted by Gasteiger charge is -2.28. The van der Waals surface area contributed by atoms with E-state index >= 15 is 0 Å². The highest BCUT2D eigenvalue weighted by Gasteiger charge is 2.31. The topological polar surface area (TPSA) is 67.6 Å². The van der Waals surface area contributed by atoms with Gasteiger partial charge in [-0.25, -0.2) is 0 Å². The normalized spacial score (nSPS) is 24.2. The Morgan fingerprint density at radius 2 is 1.88 bits per heavy atom. The predicted molar refractivity (Wildman–Crippen MR) is 104 cm³/mol. The lowest BCUT2D eigenvalue weighted by atomic mass is 10.1. The van der Waals surface area contributed by atoms with Gasteiger partial charge in [-0.05, 0) is 44.3 Å². The van der Waals surface area contributed by atoms with E-state index in [1.54, 1.807) is 0 Å². The fourth-order valence-electron chi connectivity index (χ4n) is 3.57. The highest BCUT2D eigenvalue weighted by molar-refractivity contribution is 5.85. The fraction of sp³-hybridized carbons (Fsp3) is 0.611. The summed E-state index contributed by atoms with van der Waals surface area (Å²) in [4.78, 5) is 14.8. The van der Waals surface area contributed by atoms with Gasteiger partial charge < -0.3 is 15.8 Å². The zero-order valence-corrected chi connectivity index (χ0v) is 16.1. The van der Waals surface area contributed by atoms with Crippen LogP contribution < -0.4 is 11.1 Å². The van der Waals surface area contributed by atoms with Crippen molar-refractivity contribution in [3.8, 4) is 0 Å². The van der Waals surface area contributed by atoms with E-state index < -0.39 is 0 Å². The monoisotopic (exact) mass is 389 g/mol. The Morgan fingerprint density at radius 1 is 1.20 bits per heavy atom. The molecule has 1 amide bonds. The van der Waals surface area contributed by atoms with Crippen molar-refractivity contribution in [2.75, 3.05) is 26.2 Å². The number of hydrogen-bond donors (Lipinski definition) is 2. The molecule has 1 aromatic carbocycles. The molecule has 0 saturated carbocycles. The maximum Gasteiger partial charge on any atom is 0.249 e. The van der Waals surface area contributed by atoms with Crippen LogP contribution in [0, 0.1) is 0 Å². The van der Waals surface area contributed by atoms with Gasteiger partial charge in [0.25, 0.3) is 0 Å². The third-order valence-electron chi connectivity index (χ3n) is 4.90. The number of carbonyl (C=O) groups is 1. The standard InChI is InChI=1S/C18H27N3O2.2ClH/c19-12-15-8-9-17(23-15)18(22)20-13-16(21-10-4-5-11-21)14-6-2-1-3-7-14;;/h1-3,6-7,15-17H,4-5,8-13,19H2,(H,20,22);2*1H/t15-,16?,17+;;/m1../s1. The van der Waals surface area contributed by atoms with Crippen molar-refractivity contribution in [2.24, 2.45) is 5.73 Å². The van der Waals surface area contributed by atoms with Crippen molar-refractivity contribution in [1.82, 2.24) is 10.2 Å². The first kappa shape index (κ1) is 22.2. The molecule has 142 valence electrons. The van der Waals surface area contributed by atoms with E-state index in [1.165, 1.54) is 18.4 Å².